The third-order valence-electron chi connectivity index (χ3n) is 8.27. The summed E-state index contributed by atoms with van der Waals surface area (Å²) in [6, 6.07) is 0. The molecular formula is C28H62O3Si2. The molecule has 0 rings (SSSR count). The van der Waals surface area contributed by atoms with Gasteiger partial charge in [0.1, 0.15) is 0 Å². The van der Waals surface area contributed by atoms with Crippen LogP contribution in [0.5, 0.6) is 0 Å². The van der Waals surface area contributed by atoms with Crippen LogP contribution in [0.25, 0.3) is 0 Å². The molecule has 0 heterocycles. The largest absolute Gasteiger partial charge is 0.413 e. The minimum atomic E-state index is -2.02. The molecule has 200 valence electrons. The van der Waals surface area contributed by atoms with Gasteiger partial charge in [0.2, 0.25) is 8.32 Å². The van der Waals surface area contributed by atoms with Gasteiger partial charge in [-0.05, 0) is 52.5 Å². The molecule has 0 aromatic carbocycles. The Balaban J connectivity index is 5.82. The fourth-order valence-electron chi connectivity index (χ4n) is 6.76. The Bertz CT molecular complexity index is 460. The molecule has 0 aromatic heterocycles. The van der Waals surface area contributed by atoms with Crippen LogP contribution in [0.4, 0.5) is 0 Å². The first-order chi connectivity index (χ1) is 15.2. The van der Waals surface area contributed by atoms with Crippen molar-refractivity contribution in [3.63, 3.8) is 0 Å². The van der Waals surface area contributed by atoms with Crippen LogP contribution >= 0.6 is 0 Å². The van der Waals surface area contributed by atoms with Crippen LogP contribution in [-0.2, 0) is 8.85 Å². The van der Waals surface area contributed by atoms with Gasteiger partial charge in [-0.25, -0.2) is 0 Å². The molecule has 0 aromatic rings. The van der Waals surface area contributed by atoms with Crippen LogP contribution in [0.1, 0.15) is 129 Å². The molecule has 0 saturated heterocycles. The van der Waals surface area contributed by atoms with E-state index >= 15 is 0 Å². The molecule has 0 aliphatic rings. The van der Waals surface area contributed by atoms with E-state index in [0.29, 0.717) is 39.9 Å². The molecule has 1 N–H and O–H groups in total. The molecule has 0 aliphatic carbocycles. The first-order valence-corrected chi connectivity index (χ1v) is 18.5. The standard InChI is InChI=1S/C28H62O3Si2/c1-14-15-16-17-27(29)18-19-28(31-33(24(8)9,25(10)11)26(12)13)20-30-32(21(2)3,22(4)5)23(6)7/h21-29H,14-20H2,1-13H3/t27-,28-/m0/s1. The average molecular weight is 503 g/mol. The molecule has 0 fully saturated rings. The number of rotatable bonds is 18. The Morgan fingerprint density at radius 3 is 1.36 bits per heavy atom. The topological polar surface area (TPSA) is 38.7 Å². The maximum atomic E-state index is 10.7. The van der Waals surface area contributed by atoms with E-state index in [1.54, 1.807) is 0 Å². The molecule has 0 amide bonds. The molecule has 0 bridgehead atoms. The Kier molecular flexibility index (Phi) is 15.6. The predicted octanol–water partition coefficient (Wildman–Crippen LogP) is 9.46. The van der Waals surface area contributed by atoms with Gasteiger partial charge in [0.05, 0.1) is 18.8 Å². The molecule has 33 heavy (non-hydrogen) atoms. The number of aliphatic hydroxyl groups is 1. The summed E-state index contributed by atoms with van der Waals surface area (Å²) in [5.41, 5.74) is 3.37. The third-order valence-corrected chi connectivity index (χ3v) is 20.5. The summed E-state index contributed by atoms with van der Waals surface area (Å²) >= 11 is 0. The fourth-order valence-corrected chi connectivity index (χ4v) is 17.8. The molecule has 2 atom stereocenters. The summed E-state index contributed by atoms with van der Waals surface area (Å²) in [6.45, 7) is 31.2. The Morgan fingerprint density at radius 1 is 0.576 bits per heavy atom. The van der Waals surface area contributed by atoms with Crippen molar-refractivity contribution in [2.24, 2.45) is 0 Å². The second kappa shape index (κ2) is 15.4. The Hall–Kier alpha value is 0.314. The van der Waals surface area contributed by atoms with Crippen molar-refractivity contribution in [1.82, 2.24) is 0 Å². The molecule has 0 saturated carbocycles. The zero-order chi connectivity index (χ0) is 26.0. The minimum absolute atomic E-state index is 0.0767. The average Bonchev–Trinajstić information content (AvgIpc) is 2.68. The zero-order valence-corrected chi connectivity index (χ0v) is 26.8. The number of hydrogen-bond acceptors (Lipinski definition) is 3. The van der Waals surface area contributed by atoms with Gasteiger partial charge in [-0.2, -0.15) is 0 Å². The summed E-state index contributed by atoms with van der Waals surface area (Å²) in [5.74, 6) is 0. The van der Waals surface area contributed by atoms with Gasteiger partial charge in [0, 0.05) is 0 Å². The zero-order valence-electron chi connectivity index (χ0n) is 24.8. The number of unbranched alkanes of at least 4 members (excludes halogenated alkanes) is 2. The Morgan fingerprint density at radius 2 is 1.00 bits per heavy atom. The van der Waals surface area contributed by atoms with Gasteiger partial charge < -0.3 is 14.0 Å². The van der Waals surface area contributed by atoms with E-state index in [9.17, 15) is 5.11 Å². The van der Waals surface area contributed by atoms with Crippen molar-refractivity contribution in [3.8, 4) is 0 Å². The second-order valence-corrected chi connectivity index (χ2v) is 23.3. The maximum absolute atomic E-state index is 10.7. The van der Waals surface area contributed by atoms with Crippen LogP contribution < -0.4 is 0 Å². The fraction of sp³-hybridized carbons (Fsp3) is 1.00. The monoisotopic (exact) mass is 502 g/mol. The van der Waals surface area contributed by atoms with E-state index in [4.69, 9.17) is 8.85 Å². The van der Waals surface area contributed by atoms with Crippen molar-refractivity contribution < 1.29 is 14.0 Å². The lowest BCUT2D eigenvalue weighted by molar-refractivity contribution is 0.0716. The van der Waals surface area contributed by atoms with Gasteiger partial charge in [0.25, 0.3) is 0 Å². The lowest BCUT2D eigenvalue weighted by atomic mass is 10.0. The summed E-state index contributed by atoms with van der Waals surface area (Å²) in [7, 11) is -3.97. The summed E-state index contributed by atoms with van der Waals surface area (Å²) in [4.78, 5) is 0. The predicted molar refractivity (Wildman–Crippen MR) is 152 cm³/mol. The van der Waals surface area contributed by atoms with E-state index in [1.165, 1.54) is 12.8 Å². The van der Waals surface area contributed by atoms with E-state index in [-0.39, 0.29) is 12.2 Å². The molecule has 0 radical (unpaired) electrons. The van der Waals surface area contributed by atoms with Crippen molar-refractivity contribution in [2.75, 3.05) is 6.61 Å². The van der Waals surface area contributed by atoms with Gasteiger partial charge in [-0.3, -0.25) is 0 Å². The molecule has 3 nitrogen and oxygen atoms in total. The van der Waals surface area contributed by atoms with Gasteiger partial charge in [-0.15, -0.1) is 0 Å². The minimum Gasteiger partial charge on any atom is -0.413 e. The summed E-state index contributed by atoms with van der Waals surface area (Å²) < 4.78 is 14.3. The van der Waals surface area contributed by atoms with Gasteiger partial charge in [0.15, 0.2) is 8.32 Å². The van der Waals surface area contributed by atoms with Crippen LogP contribution in [0.2, 0.25) is 33.2 Å². The first-order valence-electron chi connectivity index (χ1n) is 14.2. The molecule has 0 aliphatic heterocycles. The lowest BCUT2D eigenvalue weighted by Crippen LogP contribution is -2.53. The highest BCUT2D eigenvalue weighted by atomic mass is 28.4. The quantitative estimate of drug-likeness (QED) is 0.150. The van der Waals surface area contributed by atoms with E-state index in [2.05, 4.69) is 90.0 Å². The smallest absolute Gasteiger partial charge is 0.200 e. The van der Waals surface area contributed by atoms with Crippen molar-refractivity contribution in [3.05, 3.63) is 0 Å². The molecule has 5 heteroatoms. The Labute approximate surface area is 211 Å². The molecular weight excluding hydrogens is 440 g/mol. The number of hydrogen-bond donors (Lipinski definition) is 1. The van der Waals surface area contributed by atoms with Crippen LogP contribution in [-0.4, -0.2) is 40.6 Å². The highest BCUT2D eigenvalue weighted by Crippen LogP contribution is 2.45. The first kappa shape index (κ1) is 33.3. The lowest BCUT2D eigenvalue weighted by Gasteiger charge is -2.47. The molecule has 0 unspecified atom stereocenters. The SMILES string of the molecule is CCCCC[C@H](O)CC[C@@H](CO[Si](C(C)C)(C(C)C)C(C)C)O[Si](C(C)C)(C(C)C)C(C)C. The van der Waals surface area contributed by atoms with E-state index in [0.717, 1.165) is 25.7 Å². The van der Waals surface area contributed by atoms with Crippen molar-refractivity contribution in [2.45, 2.75) is 174 Å². The second-order valence-electron chi connectivity index (χ2n) is 12.4. The highest BCUT2D eigenvalue weighted by Gasteiger charge is 2.48. The summed E-state index contributed by atoms with van der Waals surface area (Å²) in [5, 5.41) is 10.7. The molecule has 0 spiro atoms. The van der Waals surface area contributed by atoms with Gasteiger partial charge >= 0.3 is 0 Å². The van der Waals surface area contributed by atoms with E-state index in [1.807, 2.05) is 0 Å². The normalized spacial score (nSPS) is 15.6. The van der Waals surface area contributed by atoms with Crippen molar-refractivity contribution in [1.29, 1.82) is 0 Å². The van der Waals surface area contributed by atoms with Crippen molar-refractivity contribution >= 4 is 16.6 Å². The third kappa shape index (κ3) is 9.04. The van der Waals surface area contributed by atoms with Gasteiger partial charge in [-0.1, -0.05) is 109 Å². The van der Waals surface area contributed by atoms with Crippen LogP contribution in [0.3, 0.4) is 0 Å². The number of aliphatic hydroxyl groups excluding tert-OH is 1. The van der Waals surface area contributed by atoms with Crippen LogP contribution in [0, 0.1) is 0 Å². The highest BCUT2D eigenvalue weighted by molar-refractivity contribution is 6.78. The summed E-state index contributed by atoms with van der Waals surface area (Å²) in [6.07, 6.45) is 5.99. The van der Waals surface area contributed by atoms with Crippen LogP contribution in [0.15, 0.2) is 0 Å². The van der Waals surface area contributed by atoms with E-state index < -0.39 is 16.6 Å². The maximum Gasteiger partial charge on any atom is 0.200 e.